The van der Waals surface area contributed by atoms with Crippen molar-refractivity contribution in [3.63, 3.8) is 0 Å². The molecular formula is C13H20N2O4. The largest absolute Gasteiger partial charge is 0.469 e. The molecule has 0 aromatic rings. The van der Waals surface area contributed by atoms with Crippen LogP contribution in [0.1, 0.15) is 25.7 Å². The van der Waals surface area contributed by atoms with E-state index in [0.717, 1.165) is 19.4 Å². The molecule has 0 bridgehead atoms. The number of hydrogen-bond acceptors (Lipinski definition) is 5. The molecule has 106 valence electrons. The van der Waals surface area contributed by atoms with Crippen molar-refractivity contribution in [2.45, 2.75) is 25.7 Å². The van der Waals surface area contributed by atoms with Crippen LogP contribution in [0, 0.1) is 5.92 Å². The number of amides is 2. The Morgan fingerprint density at radius 3 is 2.58 bits per heavy atom. The Morgan fingerprint density at radius 2 is 1.95 bits per heavy atom. The molecule has 2 aliphatic heterocycles. The van der Waals surface area contributed by atoms with Gasteiger partial charge in [0, 0.05) is 32.5 Å². The van der Waals surface area contributed by atoms with Gasteiger partial charge in [-0.15, -0.1) is 0 Å². The number of carbonyl (C=O) groups excluding carboxylic acids is 3. The summed E-state index contributed by atoms with van der Waals surface area (Å²) in [6.07, 6.45) is 2.47. The second kappa shape index (κ2) is 6.14. The molecule has 1 atom stereocenters. The smallest absolute Gasteiger partial charge is 0.309 e. The molecule has 0 aromatic heterocycles. The Hall–Kier alpha value is -1.43. The maximum absolute atomic E-state index is 11.5. The van der Waals surface area contributed by atoms with Crippen LogP contribution < -0.4 is 0 Å². The minimum atomic E-state index is -0.168. The third-order valence-electron chi connectivity index (χ3n) is 3.83. The zero-order valence-corrected chi connectivity index (χ0v) is 11.3. The van der Waals surface area contributed by atoms with E-state index >= 15 is 0 Å². The summed E-state index contributed by atoms with van der Waals surface area (Å²) in [7, 11) is 1.41. The van der Waals surface area contributed by atoms with Crippen molar-refractivity contribution >= 4 is 17.8 Å². The molecule has 6 heteroatoms. The lowest BCUT2D eigenvalue weighted by Crippen LogP contribution is -2.44. The van der Waals surface area contributed by atoms with E-state index in [2.05, 4.69) is 4.90 Å². The summed E-state index contributed by atoms with van der Waals surface area (Å²) >= 11 is 0. The van der Waals surface area contributed by atoms with E-state index in [1.54, 1.807) is 0 Å². The molecule has 0 saturated carbocycles. The fraction of sp³-hybridized carbons (Fsp3) is 0.769. The number of piperidine rings is 1. The van der Waals surface area contributed by atoms with E-state index in [9.17, 15) is 14.4 Å². The molecule has 0 unspecified atom stereocenters. The minimum Gasteiger partial charge on any atom is -0.469 e. The van der Waals surface area contributed by atoms with Crippen LogP contribution in [-0.4, -0.2) is 60.9 Å². The average molecular weight is 268 g/mol. The fourth-order valence-corrected chi connectivity index (χ4v) is 2.73. The number of ether oxygens (including phenoxy) is 1. The summed E-state index contributed by atoms with van der Waals surface area (Å²) in [6, 6.07) is 0. The second-order valence-electron chi connectivity index (χ2n) is 5.10. The molecule has 2 fully saturated rings. The molecule has 0 aromatic carbocycles. The van der Waals surface area contributed by atoms with Gasteiger partial charge in [0.25, 0.3) is 0 Å². The zero-order chi connectivity index (χ0) is 13.8. The topological polar surface area (TPSA) is 66.9 Å². The van der Waals surface area contributed by atoms with Gasteiger partial charge in [-0.05, 0) is 19.4 Å². The van der Waals surface area contributed by atoms with Crippen molar-refractivity contribution in [1.82, 2.24) is 9.80 Å². The van der Waals surface area contributed by atoms with Gasteiger partial charge in [-0.25, -0.2) is 0 Å². The predicted octanol–water partition coefficient (Wildman–Crippen LogP) is 0.0204. The molecule has 0 radical (unpaired) electrons. The van der Waals surface area contributed by atoms with Crippen LogP contribution in [0.15, 0.2) is 0 Å². The van der Waals surface area contributed by atoms with E-state index in [1.807, 2.05) is 0 Å². The van der Waals surface area contributed by atoms with E-state index < -0.39 is 0 Å². The van der Waals surface area contributed by atoms with Crippen LogP contribution in [0.5, 0.6) is 0 Å². The van der Waals surface area contributed by atoms with Crippen molar-refractivity contribution in [3.8, 4) is 0 Å². The van der Waals surface area contributed by atoms with Gasteiger partial charge in [0.05, 0.1) is 13.0 Å². The third kappa shape index (κ3) is 3.32. The molecule has 0 N–H and O–H groups in total. The number of likely N-dealkylation sites (tertiary alicyclic amines) is 2. The van der Waals surface area contributed by atoms with Crippen molar-refractivity contribution in [1.29, 1.82) is 0 Å². The number of esters is 1. The Labute approximate surface area is 112 Å². The molecule has 0 aliphatic carbocycles. The second-order valence-corrected chi connectivity index (χ2v) is 5.10. The Balaban J connectivity index is 1.81. The normalized spacial score (nSPS) is 24.9. The Kier molecular flexibility index (Phi) is 4.52. The highest BCUT2D eigenvalue weighted by molar-refractivity contribution is 6.01. The molecule has 2 amide bonds. The Bertz CT molecular complexity index is 367. The van der Waals surface area contributed by atoms with Gasteiger partial charge in [-0.3, -0.25) is 19.3 Å². The quantitative estimate of drug-likeness (QED) is 0.531. The number of imide groups is 1. The molecule has 2 saturated heterocycles. The third-order valence-corrected chi connectivity index (χ3v) is 3.83. The first-order valence-corrected chi connectivity index (χ1v) is 6.75. The van der Waals surface area contributed by atoms with E-state index in [0.29, 0.717) is 32.5 Å². The standard InChI is InChI=1S/C13H20N2O4/c1-19-13(18)10-3-2-6-14(9-10)7-8-15-11(16)4-5-12(15)17/h10H,2-9H2,1H3/t10-/m0/s1. The minimum absolute atomic E-state index is 0.0773. The molecule has 0 spiro atoms. The first-order chi connectivity index (χ1) is 9.11. The molecule has 6 nitrogen and oxygen atoms in total. The lowest BCUT2D eigenvalue weighted by atomic mass is 9.98. The van der Waals surface area contributed by atoms with Crippen LogP contribution in [0.3, 0.4) is 0 Å². The van der Waals surface area contributed by atoms with E-state index in [-0.39, 0.29) is 23.7 Å². The van der Waals surface area contributed by atoms with Crippen molar-refractivity contribution in [3.05, 3.63) is 0 Å². The van der Waals surface area contributed by atoms with E-state index in [1.165, 1.54) is 12.0 Å². The molecule has 2 heterocycles. The lowest BCUT2D eigenvalue weighted by molar-refractivity contribution is -0.148. The number of methoxy groups -OCH3 is 1. The van der Waals surface area contributed by atoms with Gasteiger partial charge in [0.2, 0.25) is 11.8 Å². The summed E-state index contributed by atoms with van der Waals surface area (Å²) < 4.78 is 4.77. The summed E-state index contributed by atoms with van der Waals surface area (Å²) in [6.45, 7) is 2.64. The highest BCUT2D eigenvalue weighted by Gasteiger charge is 2.30. The monoisotopic (exact) mass is 268 g/mol. The molecular weight excluding hydrogens is 248 g/mol. The number of carbonyl (C=O) groups is 3. The lowest BCUT2D eigenvalue weighted by Gasteiger charge is -2.32. The molecule has 19 heavy (non-hydrogen) atoms. The maximum Gasteiger partial charge on any atom is 0.309 e. The first kappa shape index (κ1) is 14.0. The van der Waals surface area contributed by atoms with Gasteiger partial charge in [0.1, 0.15) is 0 Å². The van der Waals surface area contributed by atoms with Crippen LogP contribution in [-0.2, 0) is 19.1 Å². The van der Waals surface area contributed by atoms with Crippen molar-refractivity contribution < 1.29 is 19.1 Å². The number of rotatable bonds is 4. The molecule has 2 aliphatic rings. The SMILES string of the molecule is COC(=O)[C@H]1CCCN(CCN2C(=O)CCC2=O)C1. The van der Waals surface area contributed by atoms with Gasteiger partial charge in [0.15, 0.2) is 0 Å². The van der Waals surface area contributed by atoms with Crippen molar-refractivity contribution in [2.75, 3.05) is 33.3 Å². The number of hydrogen-bond donors (Lipinski definition) is 0. The average Bonchev–Trinajstić information content (AvgIpc) is 2.75. The summed E-state index contributed by atoms with van der Waals surface area (Å²) in [5.74, 6) is -0.403. The van der Waals surface area contributed by atoms with Crippen LogP contribution in [0.4, 0.5) is 0 Å². The maximum atomic E-state index is 11.5. The van der Waals surface area contributed by atoms with Crippen LogP contribution in [0.2, 0.25) is 0 Å². The zero-order valence-electron chi connectivity index (χ0n) is 11.3. The summed E-state index contributed by atoms with van der Waals surface area (Å²) in [5, 5.41) is 0. The van der Waals surface area contributed by atoms with Gasteiger partial charge < -0.3 is 9.64 Å². The van der Waals surface area contributed by atoms with Gasteiger partial charge in [-0.2, -0.15) is 0 Å². The number of nitrogens with zero attached hydrogens (tertiary/aromatic N) is 2. The van der Waals surface area contributed by atoms with Gasteiger partial charge >= 0.3 is 5.97 Å². The first-order valence-electron chi connectivity index (χ1n) is 6.75. The van der Waals surface area contributed by atoms with Crippen LogP contribution >= 0.6 is 0 Å². The highest BCUT2D eigenvalue weighted by atomic mass is 16.5. The van der Waals surface area contributed by atoms with Gasteiger partial charge in [-0.1, -0.05) is 0 Å². The summed E-state index contributed by atoms with van der Waals surface area (Å²) in [5.41, 5.74) is 0. The highest BCUT2D eigenvalue weighted by Crippen LogP contribution is 2.18. The molecule has 2 rings (SSSR count). The Morgan fingerprint density at radius 1 is 1.26 bits per heavy atom. The van der Waals surface area contributed by atoms with Crippen molar-refractivity contribution in [2.24, 2.45) is 5.92 Å². The summed E-state index contributed by atoms with van der Waals surface area (Å²) in [4.78, 5) is 38.0. The fourth-order valence-electron chi connectivity index (χ4n) is 2.73. The predicted molar refractivity (Wildman–Crippen MR) is 67.1 cm³/mol. The van der Waals surface area contributed by atoms with E-state index in [4.69, 9.17) is 4.74 Å². The van der Waals surface area contributed by atoms with Crippen LogP contribution in [0.25, 0.3) is 0 Å².